The third kappa shape index (κ3) is 1.64. The molecule has 0 saturated heterocycles. The molecule has 2 N–H and O–H groups in total. The van der Waals surface area contributed by atoms with Gasteiger partial charge in [0.1, 0.15) is 11.4 Å². The van der Waals surface area contributed by atoms with Crippen LogP contribution in [0.3, 0.4) is 0 Å². The zero-order valence-electron chi connectivity index (χ0n) is 10.6. The van der Waals surface area contributed by atoms with E-state index in [1.54, 1.807) is 7.11 Å². The summed E-state index contributed by atoms with van der Waals surface area (Å²) in [7, 11) is 1.62. The minimum Gasteiger partial charge on any atom is -0.494 e. The predicted molar refractivity (Wildman–Crippen MR) is 71.0 cm³/mol. The van der Waals surface area contributed by atoms with Crippen LogP contribution in [0.1, 0.15) is 25.7 Å². The second-order valence-electron chi connectivity index (χ2n) is 5.18. The summed E-state index contributed by atoms with van der Waals surface area (Å²) in [5.41, 5.74) is 1.49. The first-order chi connectivity index (χ1) is 8.75. The van der Waals surface area contributed by atoms with Gasteiger partial charge in [-0.1, -0.05) is 18.9 Å². The maximum atomic E-state index is 12.5. The quantitative estimate of drug-likeness (QED) is 0.801. The van der Waals surface area contributed by atoms with Crippen molar-refractivity contribution in [1.29, 1.82) is 0 Å². The number of fused-ring (bicyclic) bond motifs is 1. The number of rotatable bonds is 1. The first-order valence-corrected chi connectivity index (χ1v) is 6.47. The van der Waals surface area contributed by atoms with E-state index in [4.69, 9.17) is 4.74 Å². The highest BCUT2D eigenvalue weighted by atomic mass is 16.5. The molecule has 3 rings (SSSR count). The Kier molecular flexibility index (Phi) is 2.65. The van der Waals surface area contributed by atoms with E-state index in [0.29, 0.717) is 5.75 Å². The topological polar surface area (TPSA) is 50.4 Å². The van der Waals surface area contributed by atoms with Crippen LogP contribution in [-0.4, -0.2) is 19.6 Å². The molecule has 1 fully saturated rings. The monoisotopic (exact) mass is 246 g/mol. The second kappa shape index (κ2) is 4.19. The summed E-state index contributed by atoms with van der Waals surface area (Å²) in [6.45, 7) is 0.721. The number of amides is 1. The minimum atomic E-state index is -0.232. The van der Waals surface area contributed by atoms with E-state index in [9.17, 15) is 4.79 Å². The highest BCUT2D eigenvalue weighted by molar-refractivity contribution is 6.01. The number of anilines is 2. The van der Waals surface area contributed by atoms with Gasteiger partial charge in [0.25, 0.3) is 0 Å². The summed E-state index contributed by atoms with van der Waals surface area (Å²) >= 11 is 0. The molecule has 1 aromatic rings. The lowest BCUT2D eigenvalue weighted by Gasteiger charge is -2.24. The number of benzene rings is 1. The van der Waals surface area contributed by atoms with Gasteiger partial charge in [0.2, 0.25) is 5.91 Å². The molecule has 4 heteroatoms. The number of carbonyl (C=O) groups excluding carboxylic acids is 1. The number of carbonyl (C=O) groups is 1. The van der Waals surface area contributed by atoms with Crippen molar-refractivity contribution in [2.75, 3.05) is 24.3 Å². The zero-order valence-corrected chi connectivity index (χ0v) is 10.6. The molecule has 1 aliphatic heterocycles. The summed E-state index contributed by atoms with van der Waals surface area (Å²) in [6.07, 6.45) is 4.23. The number of para-hydroxylation sites is 1. The fourth-order valence-electron chi connectivity index (χ4n) is 3.02. The smallest absolute Gasteiger partial charge is 0.232 e. The Bertz CT molecular complexity index is 479. The maximum Gasteiger partial charge on any atom is 0.232 e. The molecular formula is C14H18N2O2. The van der Waals surface area contributed by atoms with E-state index in [2.05, 4.69) is 10.6 Å². The highest BCUT2D eigenvalue weighted by Gasteiger charge is 2.43. The van der Waals surface area contributed by atoms with Crippen molar-refractivity contribution in [3.05, 3.63) is 18.2 Å². The lowest BCUT2D eigenvalue weighted by Crippen LogP contribution is -2.37. The summed E-state index contributed by atoms with van der Waals surface area (Å²) in [6, 6.07) is 5.78. The van der Waals surface area contributed by atoms with Crippen molar-refractivity contribution in [3.63, 3.8) is 0 Å². The van der Waals surface area contributed by atoms with Crippen molar-refractivity contribution in [1.82, 2.24) is 0 Å². The van der Waals surface area contributed by atoms with Crippen LogP contribution >= 0.6 is 0 Å². The summed E-state index contributed by atoms with van der Waals surface area (Å²) in [5, 5.41) is 6.45. The van der Waals surface area contributed by atoms with E-state index < -0.39 is 0 Å². The SMILES string of the molecule is COc1cccc2c1NC(=O)C1(CCCC1)CN2. The molecule has 1 heterocycles. The molecule has 0 aromatic heterocycles. The van der Waals surface area contributed by atoms with Crippen molar-refractivity contribution < 1.29 is 9.53 Å². The summed E-state index contributed by atoms with van der Waals surface area (Å²) in [4.78, 5) is 12.5. The van der Waals surface area contributed by atoms with Gasteiger partial charge in [0.15, 0.2) is 0 Å². The number of methoxy groups -OCH3 is 1. The minimum absolute atomic E-state index is 0.135. The van der Waals surface area contributed by atoms with Gasteiger partial charge in [-0.15, -0.1) is 0 Å². The first kappa shape index (κ1) is 11.4. The Labute approximate surface area is 107 Å². The Morgan fingerprint density at radius 1 is 1.28 bits per heavy atom. The molecule has 0 unspecified atom stereocenters. The van der Waals surface area contributed by atoms with E-state index in [0.717, 1.165) is 43.6 Å². The molecule has 4 nitrogen and oxygen atoms in total. The average Bonchev–Trinajstić information content (AvgIpc) is 2.81. The summed E-state index contributed by atoms with van der Waals surface area (Å²) < 4.78 is 5.31. The lowest BCUT2D eigenvalue weighted by molar-refractivity contribution is -0.124. The van der Waals surface area contributed by atoms with Gasteiger partial charge in [0, 0.05) is 6.54 Å². The van der Waals surface area contributed by atoms with Gasteiger partial charge in [-0.2, -0.15) is 0 Å². The second-order valence-corrected chi connectivity index (χ2v) is 5.18. The molecule has 1 aromatic carbocycles. The zero-order chi connectivity index (χ0) is 12.6. The first-order valence-electron chi connectivity index (χ1n) is 6.47. The van der Waals surface area contributed by atoms with E-state index in [-0.39, 0.29) is 11.3 Å². The lowest BCUT2D eigenvalue weighted by atomic mass is 9.85. The van der Waals surface area contributed by atoms with Gasteiger partial charge < -0.3 is 15.4 Å². The van der Waals surface area contributed by atoms with Gasteiger partial charge in [-0.05, 0) is 25.0 Å². The number of hydrogen-bond acceptors (Lipinski definition) is 3. The Morgan fingerprint density at radius 2 is 2.06 bits per heavy atom. The third-order valence-electron chi connectivity index (χ3n) is 4.14. The van der Waals surface area contributed by atoms with Gasteiger partial charge >= 0.3 is 0 Å². The number of nitrogens with one attached hydrogen (secondary N) is 2. The molecule has 0 atom stereocenters. The highest BCUT2D eigenvalue weighted by Crippen LogP contribution is 2.44. The van der Waals surface area contributed by atoms with E-state index in [1.807, 2.05) is 18.2 Å². The van der Waals surface area contributed by atoms with Crippen LogP contribution in [0.4, 0.5) is 11.4 Å². The van der Waals surface area contributed by atoms with Crippen molar-refractivity contribution >= 4 is 17.3 Å². The molecule has 1 aliphatic carbocycles. The fourth-order valence-corrected chi connectivity index (χ4v) is 3.02. The normalized spacial score (nSPS) is 20.8. The van der Waals surface area contributed by atoms with Gasteiger partial charge in [-0.25, -0.2) is 0 Å². The standard InChI is InChI=1S/C14H18N2O2/c1-18-11-6-4-5-10-12(11)16-13(17)14(9-15-10)7-2-3-8-14/h4-6,15H,2-3,7-9H2,1H3,(H,16,17). The van der Waals surface area contributed by atoms with Crippen LogP contribution in [0.15, 0.2) is 18.2 Å². The predicted octanol–water partition coefficient (Wildman–Crippen LogP) is 2.62. The molecule has 96 valence electrons. The van der Waals surface area contributed by atoms with Crippen LogP contribution in [0, 0.1) is 5.41 Å². The van der Waals surface area contributed by atoms with Crippen molar-refractivity contribution in [2.45, 2.75) is 25.7 Å². The number of hydrogen-bond donors (Lipinski definition) is 2. The molecule has 1 saturated carbocycles. The average molecular weight is 246 g/mol. The molecule has 0 bridgehead atoms. The van der Waals surface area contributed by atoms with Crippen molar-refractivity contribution in [2.24, 2.45) is 5.41 Å². The molecule has 18 heavy (non-hydrogen) atoms. The maximum absolute atomic E-state index is 12.5. The molecule has 1 spiro atoms. The number of ether oxygens (including phenoxy) is 1. The Morgan fingerprint density at radius 3 is 2.78 bits per heavy atom. The largest absolute Gasteiger partial charge is 0.494 e. The summed E-state index contributed by atoms with van der Waals surface area (Å²) in [5.74, 6) is 0.846. The van der Waals surface area contributed by atoms with Crippen LogP contribution in [-0.2, 0) is 4.79 Å². The molecule has 0 radical (unpaired) electrons. The van der Waals surface area contributed by atoms with Crippen LogP contribution in [0.25, 0.3) is 0 Å². The molecular weight excluding hydrogens is 228 g/mol. The molecule has 1 amide bonds. The van der Waals surface area contributed by atoms with E-state index in [1.165, 1.54) is 0 Å². The fraction of sp³-hybridized carbons (Fsp3) is 0.500. The van der Waals surface area contributed by atoms with Crippen molar-refractivity contribution in [3.8, 4) is 5.75 Å². The van der Waals surface area contributed by atoms with Crippen LogP contribution in [0.5, 0.6) is 5.75 Å². The van der Waals surface area contributed by atoms with Crippen LogP contribution in [0.2, 0.25) is 0 Å². The molecule has 2 aliphatic rings. The van der Waals surface area contributed by atoms with E-state index >= 15 is 0 Å². The Hall–Kier alpha value is -1.71. The third-order valence-corrected chi connectivity index (χ3v) is 4.14. The van der Waals surface area contributed by atoms with Crippen LogP contribution < -0.4 is 15.4 Å². The van der Waals surface area contributed by atoms with Gasteiger partial charge in [-0.3, -0.25) is 4.79 Å². The Balaban J connectivity index is 1.98. The van der Waals surface area contributed by atoms with Gasteiger partial charge in [0.05, 0.1) is 18.2 Å².